The highest BCUT2D eigenvalue weighted by atomic mass is 32.1. The molecule has 0 unspecified atom stereocenters. The fourth-order valence-corrected chi connectivity index (χ4v) is 5.53. The number of hydrogen-bond acceptors (Lipinski definition) is 9. The molecule has 2 amide bonds. The van der Waals surface area contributed by atoms with Gasteiger partial charge in [0.05, 0.1) is 26.2 Å². The van der Waals surface area contributed by atoms with Gasteiger partial charge in [-0.3, -0.25) is 14.2 Å². The Bertz CT molecular complexity index is 1620. The average molecular weight is 576 g/mol. The van der Waals surface area contributed by atoms with Crippen LogP contribution in [0.3, 0.4) is 0 Å². The van der Waals surface area contributed by atoms with Gasteiger partial charge in [-0.25, -0.2) is 28.4 Å². The molecule has 0 bridgehead atoms. The third-order valence-corrected chi connectivity index (χ3v) is 7.33. The van der Waals surface area contributed by atoms with Gasteiger partial charge in [0.2, 0.25) is 5.88 Å². The van der Waals surface area contributed by atoms with Crippen molar-refractivity contribution in [2.45, 2.75) is 25.9 Å². The fraction of sp³-hybridized carbons (Fsp3) is 0.320. The second-order valence-electron chi connectivity index (χ2n) is 8.52. The van der Waals surface area contributed by atoms with E-state index in [-0.39, 0.29) is 34.0 Å². The summed E-state index contributed by atoms with van der Waals surface area (Å²) in [5.74, 6) is -1.55. The van der Waals surface area contributed by atoms with E-state index in [1.54, 1.807) is 7.05 Å². The molecule has 12 nitrogen and oxygen atoms in total. The van der Waals surface area contributed by atoms with Crippen LogP contribution in [-0.2, 0) is 24.3 Å². The van der Waals surface area contributed by atoms with E-state index in [4.69, 9.17) is 4.74 Å². The van der Waals surface area contributed by atoms with Crippen LogP contribution in [0.1, 0.15) is 22.4 Å². The number of methoxy groups -OCH3 is 1. The molecule has 0 saturated carbocycles. The van der Waals surface area contributed by atoms with E-state index in [0.717, 1.165) is 21.6 Å². The van der Waals surface area contributed by atoms with Crippen molar-refractivity contribution < 1.29 is 23.1 Å². The smallest absolute Gasteiger partial charge is 0.338 e. The Labute approximate surface area is 230 Å². The first kappa shape index (κ1) is 28.8. The van der Waals surface area contributed by atoms with E-state index < -0.39 is 35.5 Å². The number of aromatic nitrogens is 4. The Morgan fingerprint density at radius 2 is 1.82 bits per heavy atom. The highest BCUT2D eigenvalue weighted by Gasteiger charge is 2.24. The van der Waals surface area contributed by atoms with Crippen LogP contribution in [0, 0.1) is 11.6 Å². The minimum absolute atomic E-state index is 0.0723. The first-order chi connectivity index (χ1) is 19.3. The third kappa shape index (κ3) is 5.85. The van der Waals surface area contributed by atoms with E-state index >= 15 is 0 Å². The van der Waals surface area contributed by atoms with Crippen molar-refractivity contribution >= 4 is 27.6 Å². The van der Waals surface area contributed by atoms with Crippen molar-refractivity contribution in [1.82, 2.24) is 35.4 Å². The molecule has 0 radical (unpaired) electrons. The standard InChI is InChI=1S/C25H27F2N7O5S/c1-28-12-14-18(8-5-11-29-24(36)32-39-3)40-23-21(14)22(35)34(19-9-10-20(38-2)31-30-19)25(37)33(23)13-15-16(26)6-4-7-17(15)27/h4,6-7,9-10,28H,5,8,11-13H2,1-3H3,(H2,29,32,36). The number of carbonyl (C=O) groups is 1. The van der Waals surface area contributed by atoms with Crippen LogP contribution in [-0.4, -0.2) is 53.2 Å². The van der Waals surface area contributed by atoms with Crippen molar-refractivity contribution in [2.75, 3.05) is 27.8 Å². The molecular formula is C25H27F2N7O5S. The summed E-state index contributed by atoms with van der Waals surface area (Å²) >= 11 is 1.18. The van der Waals surface area contributed by atoms with E-state index in [1.165, 1.54) is 48.3 Å². The summed E-state index contributed by atoms with van der Waals surface area (Å²) in [6, 6.07) is 5.78. The highest BCUT2D eigenvalue weighted by molar-refractivity contribution is 7.18. The Morgan fingerprint density at radius 1 is 1.07 bits per heavy atom. The van der Waals surface area contributed by atoms with Gasteiger partial charge in [-0.2, -0.15) is 0 Å². The molecule has 15 heteroatoms. The van der Waals surface area contributed by atoms with Crippen molar-refractivity contribution in [3.63, 3.8) is 0 Å². The van der Waals surface area contributed by atoms with Gasteiger partial charge in [0.25, 0.3) is 5.56 Å². The van der Waals surface area contributed by atoms with Crippen LogP contribution in [0.4, 0.5) is 13.6 Å². The van der Waals surface area contributed by atoms with E-state index in [2.05, 4.69) is 31.1 Å². The summed E-state index contributed by atoms with van der Waals surface area (Å²) in [7, 11) is 4.42. The van der Waals surface area contributed by atoms with Gasteiger partial charge in [-0.05, 0) is 43.7 Å². The van der Waals surface area contributed by atoms with Gasteiger partial charge in [-0.1, -0.05) is 6.07 Å². The fourth-order valence-electron chi connectivity index (χ4n) is 4.18. The van der Waals surface area contributed by atoms with E-state index in [0.29, 0.717) is 24.9 Å². The van der Waals surface area contributed by atoms with Gasteiger partial charge in [0.1, 0.15) is 16.5 Å². The predicted molar refractivity (Wildman–Crippen MR) is 144 cm³/mol. The van der Waals surface area contributed by atoms with Crippen molar-refractivity contribution in [1.29, 1.82) is 0 Å². The summed E-state index contributed by atoms with van der Waals surface area (Å²) in [6.07, 6.45) is 0.957. The minimum Gasteiger partial charge on any atom is -0.480 e. The lowest BCUT2D eigenvalue weighted by molar-refractivity contribution is 0.107. The maximum atomic E-state index is 14.7. The number of hydroxylamine groups is 1. The van der Waals surface area contributed by atoms with Gasteiger partial charge < -0.3 is 15.4 Å². The summed E-state index contributed by atoms with van der Waals surface area (Å²) in [6.45, 7) is 0.124. The normalized spacial score (nSPS) is 11.1. The molecule has 4 rings (SSSR count). The van der Waals surface area contributed by atoms with E-state index in [9.17, 15) is 23.2 Å². The number of halogens is 2. The summed E-state index contributed by atoms with van der Waals surface area (Å²) < 4.78 is 36.4. The number of ether oxygens (including phenoxy) is 1. The number of rotatable bonds is 11. The monoisotopic (exact) mass is 575 g/mol. The number of carbonyl (C=O) groups excluding carboxylic acids is 1. The molecule has 0 fully saturated rings. The second kappa shape index (κ2) is 12.8. The zero-order valence-corrected chi connectivity index (χ0v) is 22.7. The number of nitrogens with one attached hydrogen (secondary N) is 3. The van der Waals surface area contributed by atoms with Crippen LogP contribution < -0.4 is 32.1 Å². The molecule has 0 aliphatic carbocycles. The largest absolute Gasteiger partial charge is 0.480 e. The lowest BCUT2D eigenvalue weighted by Crippen LogP contribution is -2.39. The number of aryl methyl sites for hydroxylation is 1. The molecule has 0 atom stereocenters. The van der Waals surface area contributed by atoms with Gasteiger partial charge >= 0.3 is 11.7 Å². The minimum atomic E-state index is -0.832. The van der Waals surface area contributed by atoms with Crippen LogP contribution in [0.25, 0.3) is 16.0 Å². The van der Waals surface area contributed by atoms with E-state index in [1.807, 2.05) is 0 Å². The van der Waals surface area contributed by atoms with Crippen LogP contribution in [0.15, 0.2) is 39.9 Å². The number of fused-ring (bicyclic) bond motifs is 1. The summed E-state index contributed by atoms with van der Waals surface area (Å²) in [4.78, 5) is 44.8. The topological polar surface area (TPSA) is 141 Å². The number of thiophene rings is 1. The van der Waals surface area contributed by atoms with Crippen molar-refractivity contribution in [2.24, 2.45) is 0 Å². The molecule has 4 aromatic rings. The molecular weight excluding hydrogens is 548 g/mol. The molecule has 3 N–H and O–H groups in total. The maximum Gasteiger partial charge on any atom is 0.338 e. The molecule has 212 valence electrons. The highest BCUT2D eigenvalue weighted by Crippen LogP contribution is 2.31. The Morgan fingerprint density at radius 3 is 2.45 bits per heavy atom. The Kier molecular flexibility index (Phi) is 9.19. The molecule has 0 aliphatic rings. The molecule has 3 heterocycles. The lowest BCUT2D eigenvalue weighted by Gasteiger charge is -2.13. The SMILES string of the molecule is CNCc1c(CCCNC(=O)NOC)sc2c1c(=O)n(-c1ccc(OC)nn1)c(=O)n2Cc1c(F)cccc1F. The third-order valence-electron chi connectivity index (χ3n) is 6.01. The number of hydrogen-bond donors (Lipinski definition) is 3. The lowest BCUT2D eigenvalue weighted by atomic mass is 10.1. The molecule has 0 spiro atoms. The van der Waals surface area contributed by atoms with Crippen molar-refractivity contribution in [3.8, 4) is 11.7 Å². The van der Waals surface area contributed by atoms with Crippen LogP contribution in [0.2, 0.25) is 0 Å². The molecule has 3 aromatic heterocycles. The number of benzene rings is 1. The van der Waals surface area contributed by atoms with Crippen LogP contribution in [0.5, 0.6) is 5.88 Å². The van der Waals surface area contributed by atoms with Crippen molar-refractivity contribution in [3.05, 3.63) is 78.8 Å². The zero-order chi connectivity index (χ0) is 28.8. The Hall–Kier alpha value is -4.21. The number of urea groups is 1. The molecule has 0 saturated heterocycles. The van der Waals surface area contributed by atoms with Crippen LogP contribution >= 0.6 is 11.3 Å². The summed E-state index contributed by atoms with van der Waals surface area (Å²) in [5, 5.41) is 13.7. The number of nitrogens with zero attached hydrogens (tertiary/aromatic N) is 4. The quantitative estimate of drug-likeness (QED) is 0.182. The zero-order valence-electron chi connectivity index (χ0n) is 21.9. The summed E-state index contributed by atoms with van der Waals surface area (Å²) in [5.41, 5.74) is 0.992. The average Bonchev–Trinajstić information content (AvgIpc) is 3.29. The number of amides is 2. The van der Waals surface area contributed by atoms with Gasteiger partial charge in [-0.15, -0.1) is 21.5 Å². The molecule has 0 aliphatic heterocycles. The molecule has 40 heavy (non-hydrogen) atoms. The van der Waals surface area contributed by atoms with Gasteiger partial charge in [0.15, 0.2) is 5.82 Å². The first-order valence-corrected chi connectivity index (χ1v) is 12.9. The molecule has 1 aromatic carbocycles. The Balaban J connectivity index is 1.90. The van der Waals surface area contributed by atoms with Gasteiger partial charge in [0, 0.05) is 29.6 Å². The first-order valence-electron chi connectivity index (χ1n) is 12.1. The maximum absolute atomic E-state index is 14.7. The second-order valence-corrected chi connectivity index (χ2v) is 9.61. The predicted octanol–water partition coefficient (Wildman–Crippen LogP) is 1.85.